The third-order valence-electron chi connectivity index (χ3n) is 3.96. The van der Waals surface area contributed by atoms with Crippen LogP contribution in [0, 0.1) is 10.1 Å². The van der Waals surface area contributed by atoms with Crippen LogP contribution in [0.4, 0.5) is 11.4 Å². The number of carbonyl (C=O) groups is 2. The van der Waals surface area contributed by atoms with Gasteiger partial charge in [-0.3, -0.25) is 19.7 Å². The van der Waals surface area contributed by atoms with E-state index in [-0.39, 0.29) is 35.9 Å². The molecule has 0 aliphatic rings. The first-order valence-electron chi connectivity index (χ1n) is 9.02. The SMILES string of the molecule is COc1ccc(NC(=S)NC(=O)CCC(=O)OCCc2ccccc2)c([N+](=O)[O-])c1. The molecule has 0 saturated heterocycles. The minimum atomic E-state index is -0.596. The van der Waals surface area contributed by atoms with E-state index in [0.29, 0.717) is 12.2 Å². The van der Waals surface area contributed by atoms with Crippen molar-refractivity contribution in [3.8, 4) is 5.75 Å². The van der Waals surface area contributed by atoms with E-state index in [9.17, 15) is 19.7 Å². The molecule has 0 radical (unpaired) electrons. The van der Waals surface area contributed by atoms with E-state index in [1.165, 1.54) is 25.3 Å². The van der Waals surface area contributed by atoms with E-state index in [2.05, 4.69) is 10.6 Å². The number of hydrogen-bond donors (Lipinski definition) is 2. The van der Waals surface area contributed by atoms with Crippen molar-refractivity contribution >= 4 is 40.6 Å². The van der Waals surface area contributed by atoms with E-state index in [1.807, 2.05) is 30.3 Å². The molecule has 30 heavy (non-hydrogen) atoms. The van der Waals surface area contributed by atoms with E-state index in [1.54, 1.807) is 0 Å². The summed E-state index contributed by atoms with van der Waals surface area (Å²) in [4.78, 5) is 34.3. The summed E-state index contributed by atoms with van der Waals surface area (Å²) in [5.74, 6) is -0.692. The van der Waals surface area contributed by atoms with Crippen LogP contribution in [0.15, 0.2) is 48.5 Å². The maximum Gasteiger partial charge on any atom is 0.306 e. The van der Waals surface area contributed by atoms with Crippen molar-refractivity contribution in [2.45, 2.75) is 19.3 Å². The summed E-state index contributed by atoms with van der Waals surface area (Å²) in [5.41, 5.74) is 0.895. The van der Waals surface area contributed by atoms with Crippen molar-refractivity contribution in [2.24, 2.45) is 0 Å². The molecule has 0 saturated carbocycles. The predicted molar refractivity (Wildman–Crippen MR) is 114 cm³/mol. The predicted octanol–water partition coefficient (Wildman–Crippen LogP) is 2.98. The number of carbonyl (C=O) groups excluding carboxylic acids is 2. The Labute approximate surface area is 178 Å². The first-order valence-corrected chi connectivity index (χ1v) is 9.42. The molecule has 1 amide bonds. The quantitative estimate of drug-likeness (QED) is 0.269. The summed E-state index contributed by atoms with van der Waals surface area (Å²) >= 11 is 5.01. The number of rotatable bonds is 9. The highest BCUT2D eigenvalue weighted by Crippen LogP contribution is 2.28. The number of nitro groups is 1. The lowest BCUT2D eigenvalue weighted by atomic mass is 10.2. The highest BCUT2D eigenvalue weighted by atomic mass is 32.1. The van der Waals surface area contributed by atoms with Gasteiger partial charge in [0, 0.05) is 12.8 Å². The molecule has 0 heterocycles. The Morgan fingerprint density at radius 2 is 1.87 bits per heavy atom. The number of ether oxygens (including phenoxy) is 2. The number of amides is 1. The van der Waals surface area contributed by atoms with Crippen LogP contribution in [0.1, 0.15) is 18.4 Å². The molecule has 158 valence electrons. The number of esters is 1. The molecule has 0 aromatic heterocycles. The zero-order valence-corrected chi connectivity index (χ0v) is 17.1. The fourth-order valence-electron chi connectivity index (χ4n) is 2.45. The zero-order valence-electron chi connectivity index (χ0n) is 16.3. The molecule has 0 spiro atoms. The van der Waals surface area contributed by atoms with Crippen molar-refractivity contribution in [1.29, 1.82) is 0 Å². The van der Waals surface area contributed by atoms with Gasteiger partial charge >= 0.3 is 5.97 Å². The van der Waals surface area contributed by atoms with Crippen molar-refractivity contribution < 1.29 is 24.0 Å². The van der Waals surface area contributed by atoms with Crippen LogP contribution in [0.2, 0.25) is 0 Å². The van der Waals surface area contributed by atoms with Gasteiger partial charge in [0.1, 0.15) is 11.4 Å². The normalized spacial score (nSPS) is 10.0. The van der Waals surface area contributed by atoms with Gasteiger partial charge in [0.05, 0.1) is 31.1 Å². The summed E-state index contributed by atoms with van der Waals surface area (Å²) in [6.45, 7) is 0.228. The average Bonchev–Trinajstić information content (AvgIpc) is 2.73. The lowest BCUT2D eigenvalue weighted by Crippen LogP contribution is -2.34. The van der Waals surface area contributed by atoms with Crippen molar-refractivity contribution in [2.75, 3.05) is 19.0 Å². The van der Waals surface area contributed by atoms with Gasteiger partial charge in [-0.15, -0.1) is 0 Å². The summed E-state index contributed by atoms with van der Waals surface area (Å²) < 4.78 is 10.1. The largest absolute Gasteiger partial charge is 0.496 e. The van der Waals surface area contributed by atoms with Crippen molar-refractivity contribution in [1.82, 2.24) is 5.32 Å². The van der Waals surface area contributed by atoms with E-state index in [0.717, 1.165) is 5.56 Å². The zero-order chi connectivity index (χ0) is 21.9. The molecule has 2 aromatic rings. The molecule has 0 fully saturated rings. The molecule has 0 bridgehead atoms. The number of nitrogens with one attached hydrogen (secondary N) is 2. The lowest BCUT2D eigenvalue weighted by molar-refractivity contribution is -0.384. The first kappa shape index (κ1) is 22.8. The summed E-state index contributed by atoms with van der Waals surface area (Å²) in [5, 5.41) is 16.0. The van der Waals surface area contributed by atoms with Crippen molar-refractivity contribution in [3.63, 3.8) is 0 Å². The number of hydrogen-bond acceptors (Lipinski definition) is 7. The van der Waals surface area contributed by atoms with Gasteiger partial charge in [-0.25, -0.2) is 0 Å². The second kappa shape index (κ2) is 11.5. The topological polar surface area (TPSA) is 120 Å². The fraction of sp³-hybridized carbons (Fsp3) is 0.250. The number of nitrogens with zero attached hydrogens (tertiary/aromatic N) is 1. The second-order valence-corrected chi connectivity index (χ2v) is 6.51. The Hall–Kier alpha value is -3.53. The summed E-state index contributed by atoms with van der Waals surface area (Å²) in [7, 11) is 1.39. The molecule has 0 unspecified atom stereocenters. The first-order chi connectivity index (χ1) is 14.4. The summed E-state index contributed by atoms with van der Waals surface area (Å²) in [6.07, 6.45) is 0.357. The molecule has 2 N–H and O–H groups in total. The number of methoxy groups -OCH3 is 1. The van der Waals surface area contributed by atoms with Crippen LogP contribution in [0.25, 0.3) is 0 Å². The van der Waals surface area contributed by atoms with Crippen LogP contribution >= 0.6 is 12.2 Å². The van der Waals surface area contributed by atoms with E-state index in [4.69, 9.17) is 21.7 Å². The average molecular weight is 431 g/mol. The van der Waals surface area contributed by atoms with Gasteiger partial charge < -0.3 is 20.1 Å². The molecular formula is C20H21N3O6S. The van der Waals surface area contributed by atoms with Crippen molar-refractivity contribution in [3.05, 3.63) is 64.2 Å². The van der Waals surface area contributed by atoms with Crippen LogP contribution in [-0.4, -0.2) is 35.6 Å². The number of thiocarbonyl (C=S) groups is 1. The fourth-order valence-corrected chi connectivity index (χ4v) is 2.68. The van der Waals surface area contributed by atoms with Crippen LogP contribution in [0.5, 0.6) is 5.75 Å². The molecule has 9 nitrogen and oxygen atoms in total. The maximum atomic E-state index is 12.0. The van der Waals surface area contributed by atoms with Crippen LogP contribution in [0.3, 0.4) is 0 Å². The Balaban J connectivity index is 1.75. The molecule has 2 rings (SSSR count). The summed E-state index contributed by atoms with van der Waals surface area (Å²) in [6, 6.07) is 13.7. The number of anilines is 1. The van der Waals surface area contributed by atoms with Gasteiger partial charge in [-0.05, 0) is 29.9 Å². The number of benzene rings is 2. The smallest absolute Gasteiger partial charge is 0.306 e. The van der Waals surface area contributed by atoms with Gasteiger partial charge in [0.25, 0.3) is 5.69 Å². The minimum absolute atomic E-state index is 0.103. The second-order valence-electron chi connectivity index (χ2n) is 6.10. The number of nitro benzene ring substituents is 1. The molecule has 0 atom stereocenters. The molecular weight excluding hydrogens is 410 g/mol. The van der Waals surface area contributed by atoms with Gasteiger partial charge in [-0.1, -0.05) is 30.3 Å². The van der Waals surface area contributed by atoms with Crippen LogP contribution in [-0.2, 0) is 20.7 Å². The van der Waals surface area contributed by atoms with E-state index >= 15 is 0 Å². The van der Waals surface area contributed by atoms with Gasteiger partial charge in [0.15, 0.2) is 5.11 Å². The highest BCUT2D eigenvalue weighted by Gasteiger charge is 2.17. The van der Waals surface area contributed by atoms with Gasteiger partial charge in [-0.2, -0.15) is 0 Å². The Morgan fingerprint density at radius 1 is 1.13 bits per heavy atom. The lowest BCUT2D eigenvalue weighted by Gasteiger charge is -2.10. The molecule has 0 aliphatic heterocycles. The highest BCUT2D eigenvalue weighted by molar-refractivity contribution is 7.80. The molecule has 2 aromatic carbocycles. The third-order valence-corrected chi connectivity index (χ3v) is 4.16. The third kappa shape index (κ3) is 7.47. The Bertz CT molecular complexity index is 920. The Kier molecular flexibility index (Phi) is 8.70. The van der Waals surface area contributed by atoms with Gasteiger partial charge in [0.2, 0.25) is 5.91 Å². The van der Waals surface area contributed by atoms with Crippen LogP contribution < -0.4 is 15.4 Å². The Morgan fingerprint density at radius 3 is 2.53 bits per heavy atom. The molecule has 10 heteroatoms. The standard InChI is InChI=1S/C20H21N3O6S/c1-28-15-7-8-16(17(13-15)23(26)27)21-20(30)22-18(24)9-10-19(25)29-12-11-14-5-3-2-4-6-14/h2-8,13H,9-12H2,1H3,(H2,21,22,24,30). The monoisotopic (exact) mass is 431 g/mol. The molecule has 0 aliphatic carbocycles. The maximum absolute atomic E-state index is 12.0. The minimum Gasteiger partial charge on any atom is -0.496 e. The van der Waals surface area contributed by atoms with E-state index < -0.39 is 16.8 Å².